The van der Waals surface area contributed by atoms with Crippen LogP contribution in [-0.2, 0) is 4.79 Å². The van der Waals surface area contributed by atoms with Crippen molar-refractivity contribution in [2.75, 3.05) is 6.54 Å². The molecule has 1 aliphatic carbocycles. The van der Waals surface area contributed by atoms with Crippen molar-refractivity contribution in [2.24, 2.45) is 0 Å². The van der Waals surface area contributed by atoms with Gasteiger partial charge in [-0.1, -0.05) is 18.2 Å². The first-order chi connectivity index (χ1) is 9.56. The predicted molar refractivity (Wildman–Crippen MR) is 72.6 cm³/mol. The Hall–Kier alpha value is -2.30. The maximum Gasteiger partial charge on any atom is 0.323 e. The third-order valence-electron chi connectivity index (χ3n) is 3.51. The summed E-state index contributed by atoms with van der Waals surface area (Å²) in [5.74, 6) is -1.13. The predicted octanol–water partition coefficient (Wildman–Crippen LogP) is 2.43. The summed E-state index contributed by atoms with van der Waals surface area (Å²) in [7, 11) is 0. The summed E-state index contributed by atoms with van der Waals surface area (Å²) in [5, 5.41) is 9.78. The van der Waals surface area contributed by atoms with Gasteiger partial charge in [0.05, 0.1) is 0 Å². The molecular weight excluding hydrogens is 258 g/mol. The standard InChI is InChI=1S/C15H15NO4/c1-9-3-2-4-10-7-12(20-14(9)10)15(19)16(8-13(17)18)11-5-6-11/h2-4,7,11H,5-6,8H2,1H3,(H,17,18). The summed E-state index contributed by atoms with van der Waals surface area (Å²) in [6, 6.07) is 7.41. The zero-order valence-corrected chi connectivity index (χ0v) is 11.1. The Balaban J connectivity index is 1.94. The molecule has 3 rings (SSSR count). The van der Waals surface area contributed by atoms with Gasteiger partial charge in [0.15, 0.2) is 5.76 Å². The molecule has 0 spiro atoms. The van der Waals surface area contributed by atoms with Gasteiger partial charge in [0, 0.05) is 11.4 Å². The number of aryl methyl sites for hydroxylation is 1. The van der Waals surface area contributed by atoms with Crippen LogP contribution in [-0.4, -0.2) is 34.5 Å². The minimum atomic E-state index is -1.00. The van der Waals surface area contributed by atoms with E-state index in [9.17, 15) is 9.59 Å². The van der Waals surface area contributed by atoms with Gasteiger partial charge >= 0.3 is 5.97 Å². The first kappa shape index (κ1) is 12.7. The normalized spacial score (nSPS) is 14.4. The fourth-order valence-electron chi connectivity index (χ4n) is 2.35. The first-order valence-corrected chi connectivity index (χ1v) is 6.58. The summed E-state index contributed by atoms with van der Waals surface area (Å²) >= 11 is 0. The summed E-state index contributed by atoms with van der Waals surface area (Å²) in [5.41, 5.74) is 1.64. The summed E-state index contributed by atoms with van der Waals surface area (Å²) in [4.78, 5) is 24.7. The van der Waals surface area contributed by atoms with Crippen LogP contribution in [0.1, 0.15) is 29.0 Å². The van der Waals surface area contributed by atoms with Gasteiger partial charge in [-0.2, -0.15) is 0 Å². The zero-order chi connectivity index (χ0) is 14.3. The van der Waals surface area contributed by atoms with E-state index in [1.54, 1.807) is 6.07 Å². The Kier molecular flexibility index (Phi) is 2.97. The largest absolute Gasteiger partial charge is 0.480 e. The molecule has 1 aromatic heterocycles. The zero-order valence-electron chi connectivity index (χ0n) is 11.1. The second kappa shape index (κ2) is 4.67. The number of carboxylic acids is 1. The highest BCUT2D eigenvalue weighted by Crippen LogP contribution is 2.30. The van der Waals surface area contributed by atoms with Crippen molar-refractivity contribution < 1.29 is 19.1 Å². The summed E-state index contributed by atoms with van der Waals surface area (Å²) in [6.45, 7) is 1.63. The van der Waals surface area contributed by atoms with Crippen molar-refractivity contribution in [1.29, 1.82) is 0 Å². The maximum absolute atomic E-state index is 12.4. The highest BCUT2D eigenvalue weighted by atomic mass is 16.4. The number of fused-ring (bicyclic) bond motifs is 1. The van der Waals surface area contributed by atoms with Crippen LogP contribution in [0.5, 0.6) is 0 Å². The molecule has 1 N–H and O–H groups in total. The summed E-state index contributed by atoms with van der Waals surface area (Å²) < 4.78 is 5.62. The lowest BCUT2D eigenvalue weighted by molar-refractivity contribution is -0.137. The number of aliphatic carboxylic acids is 1. The molecular formula is C15H15NO4. The Morgan fingerprint density at radius 3 is 2.75 bits per heavy atom. The highest BCUT2D eigenvalue weighted by molar-refractivity contribution is 5.98. The van der Waals surface area contributed by atoms with E-state index in [2.05, 4.69) is 0 Å². The molecule has 0 saturated heterocycles. The van der Waals surface area contributed by atoms with E-state index in [0.717, 1.165) is 23.8 Å². The topological polar surface area (TPSA) is 70.8 Å². The molecule has 1 aliphatic rings. The molecule has 20 heavy (non-hydrogen) atoms. The highest BCUT2D eigenvalue weighted by Gasteiger charge is 2.35. The van der Waals surface area contributed by atoms with Gasteiger partial charge in [-0.05, 0) is 31.4 Å². The fourth-order valence-corrected chi connectivity index (χ4v) is 2.35. The molecule has 0 bridgehead atoms. The molecule has 1 amide bonds. The second-order valence-corrected chi connectivity index (χ2v) is 5.16. The molecule has 0 aliphatic heterocycles. The van der Waals surface area contributed by atoms with E-state index in [1.807, 2.05) is 25.1 Å². The Morgan fingerprint density at radius 2 is 2.15 bits per heavy atom. The minimum absolute atomic E-state index is 0.0351. The molecule has 5 nitrogen and oxygen atoms in total. The molecule has 5 heteroatoms. The van der Waals surface area contributed by atoms with Crippen LogP contribution in [0.15, 0.2) is 28.7 Å². The number of carboxylic acid groups (broad SMARTS) is 1. The number of rotatable bonds is 4. The number of carbonyl (C=O) groups excluding carboxylic acids is 1. The number of benzene rings is 1. The van der Waals surface area contributed by atoms with Crippen molar-refractivity contribution in [3.8, 4) is 0 Å². The number of amides is 1. The van der Waals surface area contributed by atoms with Gasteiger partial charge in [0.2, 0.25) is 0 Å². The third-order valence-corrected chi connectivity index (χ3v) is 3.51. The average molecular weight is 273 g/mol. The number of para-hydroxylation sites is 1. The van der Waals surface area contributed by atoms with Crippen LogP contribution >= 0.6 is 0 Å². The molecule has 1 aromatic carbocycles. The maximum atomic E-state index is 12.4. The minimum Gasteiger partial charge on any atom is -0.480 e. The van der Waals surface area contributed by atoms with Crippen LogP contribution in [0, 0.1) is 6.92 Å². The summed E-state index contributed by atoms with van der Waals surface area (Å²) in [6.07, 6.45) is 1.72. The van der Waals surface area contributed by atoms with Gasteiger partial charge in [0.25, 0.3) is 5.91 Å². The molecule has 2 aromatic rings. The Morgan fingerprint density at radius 1 is 1.40 bits per heavy atom. The van der Waals surface area contributed by atoms with Crippen molar-refractivity contribution >= 4 is 22.8 Å². The molecule has 0 unspecified atom stereocenters. The molecule has 0 atom stereocenters. The van der Waals surface area contributed by atoms with Crippen LogP contribution in [0.25, 0.3) is 11.0 Å². The third kappa shape index (κ3) is 2.27. The van der Waals surface area contributed by atoms with Crippen molar-refractivity contribution in [2.45, 2.75) is 25.8 Å². The molecule has 1 heterocycles. The number of hydrogen-bond donors (Lipinski definition) is 1. The van der Waals surface area contributed by atoms with E-state index in [-0.39, 0.29) is 24.3 Å². The smallest absolute Gasteiger partial charge is 0.323 e. The second-order valence-electron chi connectivity index (χ2n) is 5.16. The fraction of sp³-hybridized carbons (Fsp3) is 0.333. The average Bonchev–Trinajstić information content (AvgIpc) is 3.14. The molecule has 1 saturated carbocycles. The Labute approximate surface area is 115 Å². The van der Waals surface area contributed by atoms with Gasteiger partial charge in [-0.25, -0.2) is 0 Å². The molecule has 104 valence electrons. The van der Waals surface area contributed by atoms with Crippen molar-refractivity contribution in [1.82, 2.24) is 4.90 Å². The monoisotopic (exact) mass is 273 g/mol. The number of carbonyl (C=O) groups is 2. The van der Waals surface area contributed by atoms with E-state index in [0.29, 0.717) is 5.58 Å². The quantitative estimate of drug-likeness (QED) is 0.928. The lowest BCUT2D eigenvalue weighted by atomic mass is 10.2. The van der Waals surface area contributed by atoms with E-state index in [4.69, 9.17) is 9.52 Å². The SMILES string of the molecule is Cc1cccc2cc(C(=O)N(CC(=O)O)C3CC3)oc12. The van der Waals surface area contributed by atoms with Crippen molar-refractivity contribution in [3.05, 3.63) is 35.6 Å². The van der Waals surface area contributed by atoms with Crippen molar-refractivity contribution in [3.63, 3.8) is 0 Å². The van der Waals surface area contributed by atoms with Crippen LogP contribution in [0.3, 0.4) is 0 Å². The number of nitrogens with zero attached hydrogens (tertiary/aromatic N) is 1. The molecule has 1 fully saturated rings. The lowest BCUT2D eigenvalue weighted by Gasteiger charge is -2.18. The van der Waals surface area contributed by atoms with E-state index >= 15 is 0 Å². The Bertz CT molecular complexity index is 684. The van der Waals surface area contributed by atoms with Crippen LogP contribution in [0.4, 0.5) is 0 Å². The number of hydrogen-bond acceptors (Lipinski definition) is 3. The van der Waals surface area contributed by atoms with Crippen LogP contribution in [0.2, 0.25) is 0 Å². The van der Waals surface area contributed by atoms with Gasteiger partial charge in [0.1, 0.15) is 12.1 Å². The lowest BCUT2D eigenvalue weighted by Crippen LogP contribution is -2.37. The van der Waals surface area contributed by atoms with Crippen LogP contribution < -0.4 is 0 Å². The number of furan rings is 1. The van der Waals surface area contributed by atoms with E-state index < -0.39 is 5.97 Å². The first-order valence-electron chi connectivity index (χ1n) is 6.58. The van der Waals surface area contributed by atoms with E-state index in [1.165, 1.54) is 4.90 Å². The van der Waals surface area contributed by atoms with Gasteiger partial charge in [-0.15, -0.1) is 0 Å². The van der Waals surface area contributed by atoms with Gasteiger partial charge < -0.3 is 14.4 Å². The van der Waals surface area contributed by atoms with Gasteiger partial charge in [-0.3, -0.25) is 9.59 Å². The molecule has 0 radical (unpaired) electrons.